The Labute approximate surface area is 120 Å². The molecule has 0 amide bonds. The smallest absolute Gasteiger partial charge is 0.329 e. The van der Waals surface area contributed by atoms with Crippen molar-refractivity contribution in [1.82, 2.24) is 0 Å². The van der Waals surface area contributed by atoms with Crippen LogP contribution in [-0.2, 0) is 9.36 Å². The number of carboxylic acid groups (broad SMARTS) is 1. The molecule has 1 aliphatic rings. The number of carboxylic acids is 1. The van der Waals surface area contributed by atoms with Crippen molar-refractivity contribution in [3.63, 3.8) is 0 Å². The molecule has 8 nitrogen and oxygen atoms in total. The van der Waals surface area contributed by atoms with Gasteiger partial charge in [-0.3, -0.25) is 14.4 Å². The Morgan fingerprint density at radius 1 is 1.38 bits per heavy atom. The van der Waals surface area contributed by atoms with E-state index < -0.39 is 25.4 Å². The van der Waals surface area contributed by atoms with Gasteiger partial charge in [0.05, 0.1) is 29.7 Å². The first-order valence-electron chi connectivity index (χ1n) is 6.20. The van der Waals surface area contributed by atoms with E-state index in [0.717, 1.165) is 0 Å². The highest BCUT2D eigenvalue weighted by atomic mass is 31.2. The molecule has 114 valence electrons. The fourth-order valence-corrected chi connectivity index (χ4v) is 3.11. The van der Waals surface area contributed by atoms with Gasteiger partial charge >= 0.3 is 13.6 Å². The van der Waals surface area contributed by atoms with Crippen LogP contribution in [0.1, 0.15) is 12.8 Å². The summed E-state index contributed by atoms with van der Waals surface area (Å²) in [6.07, 6.45) is -0.872. The maximum Gasteiger partial charge on any atom is 0.329 e. The number of nitrogens with two attached hydrogens (primary N) is 1. The van der Waals surface area contributed by atoms with Crippen LogP contribution in [-0.4, -0.2) is 38.4 Å². The third-order valence-corrected chi connectivity index (χ3v) is 3.97. The number of fused-ring (bicyclic) bond motifs is 1. The van der Waals surface area contributed by atoms with Gasteiger partial charge in [0.15, 0.2) is 0 Å². The van der Waals surface area contributed by atoms with Crippen LogP contribution in [0.2, 0.25) is 0 Å². The minimum Gasteiger partial charge on any atom is -0.481 e. The van der Waals surface area contributed by atoms with Crippen LogP contribution < -0.4 is 11.1 Å². The fraction of sp³-hybridized carbons (Fsp3) is 0.333. The molecule has 2 rings (SSSR count). The molecule has 21 heavy (non-hydrogen) atoms. The molecule has 0 bridgehead atoms. The second-order valence-electron chi connectivity index (χ2n) is 4.89. The molecule has 1 heterocycles. The lowest BCUT2D eigenvalue weighted by atomic mass is 9.98. The number of aliphatic carboxylic acids is 1. The van der Waals surface area contributed by atoms with Crippen molar-refractivity contribution in [1.29, 1.82) is 0 Å². The molecule has 0 saturated heterocycles. The van der Waals surface area contributed by atoms with Crippen molar-refractivity contribution in [2.45, 2.75) is 18.5 Å². The van der Waals surface area contributed by atoms with Gasteiger partial charge in [-0.15, -0.1) is 0 Å². The van der Waals surface area contributed by atoms with E-state index in [-0.39, 0.29) is 18.6 Å². The Morgan fingerprint density at radius 2 is 2.05 bits per heavy atom. The summed E-state index contributed by atoms with van der Waals surface area (Å²) in [6.45, 7) is 0. The van der Waals surface area contributed by atoms with Crippen LogP contribution >= 0.6 is 7.60 Å². The van der Waals surface area contributed by atoms with Crippen LogP contribution in [0.3, 0.4) is 0 Å². The topological polar surface area (TPSA) is 145 Å². The number of hydrogen-bond donors (Lipinski definition) is 5. The van der Waals surface area contributed by atoms with E-state index in [2.05, 4.69) is 10.3 Å². The molecular formula is C12H16N3O5P. The van der Waals surface area contributed by atoms with Crippen LogP contribution in [0.4, 0.5) is 11.4 Å². The predicted molar refractivity (Wildman–Crippen MR) is 77.9 cm³/mol. The van der Waals surface area contributed by atoms with Crippen LogP contribution in [0.15, 0.2) is 29.3 Å². The quantitative estimate of drug-likeness (QED) is 0.507. The van der Waals surface area contributed by atoms with Crippen molar-refractivity contribution in [2.75, 3.05) is 11.5 Å². The number of anilines is 1. The highest BCUT2D eigenvalue weighted by molar-refractivity contribution is 7.51. The average molecular weight is 313 g/mol. The SMILES string of the molecule is NC1(CP(=O)(O)O)Nc2ccccc2N=C1CCC(=O)O. The van der Waals surface area contributed by atoms with Gasteiger partial charge in [-0.05, 0) is 18.6 Å². The zero-order valence-corrected chi connectivity index (χ0v) is 12.0. The number of aliphatic imine (C=N–C) groups is 1. The van der Waals surface area contributed by atoms with E-state index in [1.165, 1.54) is 0 Å². The van der Waals surface area contributed by atoms with E-state index in [1.54, 1.807) is 24.3 Å². The molecule has 0 aromatic heterocycles. The summed E-state index contributed by atoms with van der Waals surface area (Å²) in [5.74, 6) is -1.03. The van der Waals surface area contributed by atoms with Crippen molar-refractivity contribution in [3.05, 3.63) is 24.3 Å². The molecule has 1 aromatic rings. The Morgan fingerprint density at radius 3 is 2.67 bits per heavy atom. The van der Waals surface area contributed by atoms with Crippen molar-refractivity contribution >= 4 is 30.7 Å². The number of hydrogen-bond acceptors (Lipinski definition) is 5. The van der Waals surface area contributed by atoms with Crippen molar-refractivity contribution in [3.8, 4) is 0 Å². The van der Waals surface area contributed by atoms with Gasteiger partial charge in [-0.25, -0.2) is 0 Å². The Balaban J connectivity index is 2.39. The molecule has 6 N–H and O–H groups in total. The Bertz CT molecular complexity index is 642. The maximum atomic E-state index is 11.3. The lowest BCUT2D eigenvalue weighted by molar-refractivity contribution is -0.136. The molecule has 0 aliphatic carbocycles. The molecule has 0 saturated carbocycles. The zero-order chi connectivity index (χ0) is 15.7. The molecule has 9 heteroatoms. The third kappa shape index (κ3) is 3.89. The van der Waals surface area contributed by atoms with Gasteiger partial charge in [-0.2, -0.15) is 0 Å². The van der Waals surface area contributed by atoms with Gasteiger partial charge in [0, 0.05) is 0 Å². The Kier molecular flexibility index (Phi) is 4.15. The lowest BCUT2D eigenvalue weighted by Gasteiger charge is -2.36. The number of para-hydroxylation sites is 2. The standard InChI is InChI=1S/C12H16N3O5P/c13-12(7-21(18,19)20)10(5-6-11(16)17)14-8-3-1-2-4-9(8)15-12/h1-4,15H,5-7,13H2,(H,16,17)(H2,18,19,20). The zero-order valence-electron chi connectivity index (χ0n) is 11.1. The van der Waals surface area contributed by atoms with Gasteiger partial charge < -0.3 is 25.9 Å². The van der Waals surface area contributed by atoms with E-state index in [1.807, 2.05) is 0 Å². The number of benzene rings is 1. The largest absolute Gasteiger partial charge is 0.481 e. The second-order valence-corrected chi connectivity index (χ2v) is 6.53. The molecule has 1 aliphatic heterocycles. The number of carbonyl (C=O) groups is 1. The highest BCUT2D eigenvalue weighted by Crippen LogP contribution is 2.42. The first-order valence-corrected chi connectivity index (χ1v) is 8.00. The summed E-state index contributed by atoms with van der Waals surface area (Å²) in [4.78, 5) is 33.4. The number of nitrogens with zero attached hydrogens (tertiary/aromatic N) is 1. The van der Waals surface area contributed by atoms with Gasteiger partial charge in [0.2, 0.25) is 0 Å². The normalized spacial score (nSPS) is 21.2. The molecule has 1 unspecified atom stereocenters. The minimum atomic E-state index is -4.41. The van der Waals surface area contributed by atoms with E-state index in [9.17, 15) is 19.1 Å². The first kappa shape index (κ1) is 15.7. The third-order valence-electron chi connectivity index (χ3n) is 3.06. The van der Waals surface area contributed by atoms with Gasteiger partial charge in [0.25, 0.3) is 0 Å². The predicted octanol–water partition coefficient (Wildman–Crippen LogP) is 0.882. The summed E-state index contributed by atoms with van der Waals surface area (Å²) >= 11 is 0. The maximum absolute atomic E-state index is 11.3. The van der Waals surface area contributed by atoms with Crippen LogP contribution in [0, 0.1) is 0 Å². The van der Waals surface area contributed by atoms with E-state index >= 15 is 0 Å². The monoisotopic (exact) mass is 313 g/mol. The summed E-state index contributed by atoms with van der Waals surface area (Å²) < 4.78 is 11.3. The molecule has 0 radical (unpaired) electrons. The van der Waals surface area contributed by atoms with Crippen molar-refractivity contribution in [2.24, 2.45) is 10.7 Å². The summed E-state index contributed by atoms with van der Waals surface area (Å²) in [6, 6.07) is 6.89. The molecule has 0 fully saturated rings. The van der Waals surface area contributed by atoms with Crippen LogP contribution in [0.5, 0.6) is 0 Å². The number of rotatable bonds is 5. The van der Waals surface area contributed by atoms with Crippen molar-refractivity contribution < 1.29 is 24.3 Å². The molecule has 1 aromatic carbocycles. The minimum absolute atomic E-state index is 0.00711. The van der Waals surface area contributed by atoms with E-state index in [4.69, 9.17) is 10.8 Å². The Hall–Kier alpha value is -1.73. The fourth-order valence-electron chi connectivity index (χ4n) is 2.19. The molecular weight excluding hydrogens is 297 g/mol. The summed E-state index contributed by atoms with van der Waals surface area (Å²) in [7, 11) is -4.41. The summed E-state index contributed by atoms with van der Waals surface area (Å²) in [5.41, 5.74) is 5.82. The number of nitrogens with one attached hydrogen (secondary N) is 1. The van der Waals surface area contributed by atoms with Gasteiger partial charge in [0.1, 0.15) is 5.66 Å². The molecule has 1 atom stereocenters. The van der Waals surface area contributed by atoms with Gasteiger partial charge in [-0.1, -0.05) is 12.1 Å². The van der Waals surface area contributed by atoms with E-state index in [0.29, 0.717) is 11.4 Å². The lowest BCUT2D eigenvalue weighted by Crippen LogP contribution is -2.58. The molecule has 0 spiro atoms. The first-order chi connectivity index (χ1) is 9.70. The highest BCUT2D eigenvalue weighted by Gasteiger charge is 2.40. The second kappa shape index (κ2) is 5.57. The van der Waals surface area contributed by atoms with Crippen LogP contribution in [0.25, 0.3) is 0 Å². The average Bonchev–Trinajstić information content (AvgIpc) is 2.33. The summed E-state index contributed by atoms with van der Waals surface area (Å²) in [5, 5.41) is 11.6.